The Hall–Kier alpha value is -2.30. The van der Waals surface area contributed by atoms with Crippen molar-refractivity contribution >= 4 is 17.4 Å². The molecule has 2 aliphatic rings. The third-order valence-corrected chi connectivity index (χ3v) is 4.30. The van der Waals surface area contributed by atoms with Crippen molar-refractivity contribution in [1.82, 2.24) is 4.98 Å². The monoisotopic (exact) mass is 284 g/mol. The van der Waals surface area contributed by atoms with Crippen LogP contribution in [0.15, 0.2) is 33.0 Å². The molecule has 1 atom stereocenters. The highest BCUT2D eigenvalue weighted by molar-refractivity contribution is 6.08. The van der Waals surface area contributed by atoms with E-state index >= 15 is 0 Å². The molecule has 2 N–H and O–H groups in total. The molecule has 2 aromatic heterocycles. The van der Waals surface area contributed by atoms with Crippen LogP contribution >= 0.6 is 0 Å². The molecule has 108 valence electrons. The van der Waals surface area contributed by atoms with Crippen molar-refractivity contribution in [2.24, 2.45) is 5.41 Å². The van der Waals surface area contributed by atoms with Gasteiger partial charge in [0.05, 0.1) is 18.4 Å². The first-order chi connectivity index (χ1) is 9.96. The number of aromatic nitrogens is 1. The molecule has 21 heavy (non-hydrogen) atoms. The van der Waals surface area contributed by atoms with Crippen LogP contribution in [0.3, 0.4) is 0 Å². The summed E-state index contributed by atoms with van der Waals surface area (Å²) in [7, 11) is 0. The van der Waals surface area contributed by atoms with Crippen molar-refractivity contribution in [3.05, 3.63) is 41.2 Å². The fraction of sp³-hybridized carbons (Fsp3) is 0.375. The lowest BCUT2D eigenvalue weighted by Gasteiger charge is -2.30. The molecule has 4 rings (SSSR count). The van der Waals surface area contributed by atoms with Gasteiger partial charge in [-0.2, -0.15) is 4.98 Å². The number of carbonyl (C=O) groups is 1. The quantitative estimate of drug-likeness (QED) is 0.869. The lowest BCUT2D eigenvalue weighted by molar-refractivity contribution is -0.117. The fourth-order valence-electron chi connectivity index (χ4n) is 3.53. The molecule has 0 aliphatic heterocycles. The zero-order valence-electron chi connectivity index (χ0n) is 12.0. The highest BCUT2D eigenvalue weighted by Crippen LogP contribution is 2.54. The molecule has 0 saturated carbocycles. The molecule has 0 unspecified atom stereocenters. The third kappa shape index (κ3) is 1.70. The Labute approximate surface area is 121 Å². The summed E-state index contributed by atoms with van der Waals surface area (Å²) >= 11 is 0. The summed E-state index contributed by atoms with van der Waals surface area (Å²) in [6.07, 6.45) is 4.60. The van der Waals surface area contributed by atoms with Crippen molar-refractivity contribution < 1.29 is 13.6 Å². The highest BCUT2D eigenvalue weighted by Gasteiger charge is 2.46. The Morgan fingerprint density at radius 3 is 2.90 bits per heavy atom. The second-order valence-corrected chi connectivity index (χ2v) is 6.59. The number of oxazole rings is 1. The maximum atomic E-state index is 12.7. The summed E-state index contributed by atoms with van der Waals surface area (Å²) < 4.78 is 10.8. The average molecular weight is 284 g/mol. The van der Waals surface area contributed by atoms with E-state index in [2.05, 4.69) is 18.8 Å². The molecule has 0 aromatic carbocycles. The minimum Gasteiger partial charge on any atom is -0.472 e. The number of hydrogen-bond donors (Lipinski definition) is 1. The summed E-state index contributed by atoms with van der Waals surface area (Å²) in [5.74, 6) is 0.632. The zero-order valence-corrected chi connectivity index (χ0v) is 12.0. The predicted molar refractivity (Wildman–Crippen MR) is 76.4 cm³/mol. The topological polar surface area (TPSA) is 82.3 Å². The SMILES string of the molecule is CC1(C)CC(=O)C2=C(C1)c1oc(N)nc1[C@@H]2c1ccoc1. The summed E-state index contributed by atoms with van der Waals surface area (Å²) in [5.41, 5.74) is 9.07. The van der Waals surface area contributed by atoms with Crippen LogP contribution in [0.4, 0.5) is 6.01 Å². The Morgan fingerprint density at radius 1 is 1.38 bits per heavy atom. The number of allylic oxidation sites excluding steroid dienone is 2. The van der Waals surface area contributed by atoms with Gasteiger partial charge in [-0.15, -0.1) is 0 Å². The lowest BCUT2D eigenvalue weighted by Crippen LogP contribution is -2.25. The van der Waals surface area contributed by atoms with Gasteiger partial charge in [0.1, 0.15) is 5.69 Å². The summed E-state index contributed by atoms with van der Waals surface area (Å²) in [6.45, 7) is 4.19. The second kappa shape index (κ2) is 3.87. The number of carbonyl (C=O) groups excluding carboxylic acids is 1. The minimum absolute atomic E-state index is 0.0694. The molecule has 0 saturated heterocycles. The Morgan fingerprint density at radius 2 is 2.19 bits per heavy atom. The molecule has 5 nitrogen and oxygen atoms in total. The van der Waals surface area contributed by atoms with Gasteiger partial charge in [-0.3, -0.25) is 4.79 Å². The number of nitrogens with zero attached hydrogens (tertiary/aromatic N) is 1. The number of anilines is 1. The Bertz CT molecular complexity index is 766. The minimum atomic E-state index is -0.210. The van der Waals surface area contributed by atoms with Gasteiger partial charge in [-0.25, -0.2) is 0 Å². The second-order valence-electron chi connectivity index (χ2n) is 6.59. The number of nitrogens with two attached hydrogens (primary N) is 1. The molecule has 0 bridgehead atoms. The Kier molecular flexibility index (Phi) is 2.29. The first-order valence-electron chi connectivity index (χ1n) is 7.01. The van der Waals surface area contributed by atoms with Gasteiger partial charge in [0.15, 0.2) is 11.5 Å². The molecular weight excluding hydrogens is 268 g/mol. The molecule has 0 spiro atoms. The zero-order chi connectivity index (χ0) is 14.8. The lowest BCUT2D eigenvalue weighted by atomic mass is 9.72. The van der Waals surface area contributed by atoms with Crippen molar-refractivity contribution in [1.29, 1.82) is 0 Å². The van der Waals surface area contributed by atoms with E-state index in [-0.39, 0.29) is 23.1 Å². The standard InChI is InChI=1S/C16H16N2O3/c1-16(2)5-9-12(10(19)6-16)11(8-3-4-20-7-8)13-14(9)21-15(17)18-13/h3-4,7,11H,5-6H2,1-2H3,(H2,17,18)/t11-/m1/s1. The van der Waals surface area contributed by atoms with Crippen LogP contribution in [0.5, 0.6) is 0 Å². The molecule has 2 aromatic rings. The van der Waals surface area contributed by atoms with E-state index in [4.69, 9.17) is 14.6 Å². The van der Waals surface area contributed by atoms with Gasteiger partial charge in [0.2, 0.25) is 0 Å². The number of fused-ring (bicyclic) bond motifs is 2. The molecule has 0 amide bonds. The van der Waals surface area contributed by atoms with Gasteiger partial charge >= 0.3 is 0 Å². The average Bonchev–Trinajstić information content (AvgIpc) is 3.04. The van der Waals surface area contributed by atoms with E-state index < -0.39 is 0 Å². The number of nitrogen functional groups attached to an aromatic ring is 1. The maximum absolute atomic E-state index is 12.7. The fourth-order valence-corrected chi connectivity index (χ4v) is 3.53. The summed E-state index contributed by atoms with van der Waals surface area (Å²) in [6, 6.07) is 2.01. The van der Waals surface area contributed by atoms with Crippen molar-refractivity contribution in [2.45, 2.75) is 32.6 Å². The third-order valence-electron chi connectivity index (χ3n) is 4.30. The van der Waals surface area contributed by atoms with Crippen LogP contribution in [0.2, 0.25) is 0 Å². The molecular formula is C16H16N2O3. The number of rotatable bonds is 1. The van der Waals surface area contributed by atoms with E-state index in [0.717, 1.165) is 28.8 Å². The molecule has 5 heteroatoms. The maximum Gasteiger partial charge on any atom is 0.292 e. The van der Waals surface area contributed by atoms with Crippen LogP contribution in [-0.2, 0) is 4.79 Å². The first kappa shape index (κ1) is 12.4. The smallest absolute Gasteiger partial charge is 0.292 e. The normalized spacial score (nSPS) is 23.3. The number of furan rings is 1. The van der Waals surface area contributed by atoms with E-state index in [1.54, 1.807) is 12.5 Å². The molecule has 0 fully saturated rings. The van der Waals surface area contributed by atoms with Crippen LogP contribution in [0, 0.1) is 5.41 Å². The van der Waals surface area contributed by atoms with Gasteiger partial charge in [0, 0.05) is 23.1 Å². The van der Waals surface area contributed by atoms with Crippen LogP contribution in [-0.4, -0.2) is 10.8 Å². The van der Waals surface area contributed by atoms with Crippen LogP contribution in [0.25, 0.3) is 5.57 Å². The Balaban J connectivity index is 1.95. The number of Topliss-reactive ketones (excluding diaryl/α,β-unsaturated/α-hetero) is 1. The van der Waals surface area contributed by atoms with E-state index in [0.29, 0.717) is 12.2 Å². The van der Waals surface area contributed by atoms with Crippen molar-refractivity contribution in [3.63, 3.8) is 0 Å². The largest absolute Gasteiger partial charge is 0.472 e. The molecule has 2 heterocycles. The van der Waals surface area contributed by atoms with Crippen molar-refractivity contribution in [2.75, 3.05) is 5.73 Å². The van der Waals surface area contributed by atoms with Gasteiger partial charge in [0.25, 0.3) is 6.01 Å². The first-order valence-corrected chi connectivity index (χ1v) is 7.01. The van der Waals surface area contributed by atoms with Gasteiger partial charge in [-0.05, 0) is 17.9 Å². The predicted octanol–water partition coefficient (Wildman–Crippen LogP) is 3.14. The van der Waals surface area contributed by atoms with Gasteiger partial charge < -0.3 is 14.6 Å². The van der Waals surface area contributed by atoms with Crippen LogP contribution in [0.1, 0.15) is 49.6 Å². The van der Waals surface area contributed by atoms with Crippen molar-refractivity contribution in [3.8, 4) is 0 Å². The van der Waals surface area contributed by atoms with E-state index in [1.165, 1.54) is 0 Å². The molecule has 0 radical (unpaired) electrons. The molecule has 2 aliphatic carbocycles. The number of hydrogen-bond acceptors (Lipinski definition) is 5. The van der Waals surface area contributed by atoms with Gasteiger partial charge in [-0.1, -0.05) is 13.8 Å². The summed E-state index contributed by atoms with van der Waals surface area (Å²) in [4.78, 5) is 17.0. The summed E-state index contributed by atoms with van der Waals surface area (Å²) in [5, 5.41) is 0. The van der Waals surface area contributed by atoms with Crippen LogP contribution < -0.4 is 5.73 Å². The highest BCUT2D eigenvalue weighted by atomic mass is 16.4. The number of ketones is 1. The van der Waals surface area contributed by atoms with E-state index in [1.807, 2.05) is 6.07 Å². The van der Waals surface area contributed by atoms with E-state index in [9.17, 15) is 4.79 Å².